The molecule has 0 saturated carbocycles. The second-order valence-corrected chi connectivity index (χ2v) is 3.83. The number of hydrogen-bond acceptors (Lipinski definition) is 4. The van der Waals surface area contributed by atoms with Gasteiger partial charge in [-0.15, -0.1) is 0 Å². The zero-order chi connectivity index (χ0) is 12.5. The van der Waals surface area contributed by atoms with Crippen molar-refractivity contribution in [3.63, 3.8) is 0 Å². The molecule has 0 aliphatic heterocycles. The second-order valence-electron chi connectivity index (χ2n) is 3.83. The molecule has 0 spiro atoms. The van der Waals surface area contributed by atoms with Gasteiger partial charge in [0.05, 0.1) is 6.07 Å². The number of aromatic hydroxyl groups is 1. The van der Waals surface area contributed by atoms with Crippen molar-refractivity contribution < 1.29 is 5.11 Å². The molecule has 5 heteroatoms. The summed E-state index contributed by atoms with van der Waals surface area (Å²) in [4.78, 5) is 22.0. The Kier molecular flexibility index (Phi) is 2.30. The van der Waals surface area contributed by atoms with Gasteiger partial charge in [0.25, 0.3) is 5.56 Å². The standard InChI is InChI=1S/C13H9N3O2/c17-10-7-11(18)16-13(15-10)12-9-4-2-1-3-8(9)5-6-14-12/h1-7H,(H2,15,16,17,18). The molecule has 0 unspecified atom stereocenters. The molecule has 0 saturated heterocycles. The predicted molar refractivity (Wildman–Crippen MR) is 67.3 cm³/mol. The maximum atomic E-state index is 11.3. The molecule has 2 aromatic heterocycles. The van der Waals surface area contributed by atoms with Crippen LogP contribution in [-0.2, 0) is 0 Å². The number of benzene rings is 1. The fraction of sp³-hybridized carbons (Fsp3) is 0. The smallest absolute Gasteiger partial charge is 0.255 e. The van der Waals surface area contributed by atoms with E-state index >= 15 is 0 Å². The maximum absolute atomic E-state index is 11.3. The Morgan fingerprint density at radius 3 is 2.83 bits per heavy atom. The van der Waals surface area contributed by atoms with Gasteiger partial charge in [-0.05, 0) is 11.5 Å². The van der Waals surface area contributed by atoms with Crippen LogP contribution in [0.5, 0.6) is 5.88 Å². The molecule has 18 heavy (non-hydrogen) atoms. The van der Waals surface area contributed by atoms with E-state index in [1.165, 1.54) is 0 Å². The van der Waals surface area contributed by atoms with Gasteiger partial charge in [-0.1, -0.05) is 24.3 Å². The molecule has 0 fully saturated rings. The topological polar surface area (TPSA) is 78.9 Å². The van der Waals surface area contributed by atoms with Crippen LogP contribution in [-0.4, -0.2) is 20.1 Å². The molecule has 0 bridgehead atoms. The molecular weight excluding hydrogens is 230 g/mol. The third-order valence-corrected chi connectivity index (χ3v) is 2.63. The van der Waals surface area contributed by atoms with E-state index in [1.54, 1.807) is 6.20 Å². The van der Waals surface area contributed by atoms with Gasteiger partial charge < -0.3 is 10.1 Å². The lowest BCUT2D eigenvalue weighted by atomic mass is 10.1. The number of H-pyrrole nitrogens is 1. The van der Waals surface area contributed by atoms with Crippen LogP contribution < -0.4 is 5.56 Å². The minimum Gasteiger partial charge on any atom is -0.493 e. The van der Waals surface area contributed by atoms with Crippen LogP contribution in [0.15, 0.2) is 47.4 Å². The van der Waals surface area contributed by atoms with Gasteiger partial charge in [0, 0.05) is 11.6 Å². The van der Waals surface area contributed by atoms with E-state index in [0.717, 1.165) is 16.8 Å². The largest absolute Gasteiger partial charge is 0.493 e. The van der Waals surface area contributed by atoms with Gasteiger partial charge >= 0.3 is 0 Å². The number of hydrogen-bond donors (Lipinski definition) is 2. The molecular formula is C13H9N3O2. The van der Waals surface area contributed by atoms with Crippen molar-refractivity contribution in [1.29, 1.82) is 0 Å². The Morgan fingerprint density at radius 2 is 2.00 bits per heavy atom. The molecule has 0 radical (unpaired) electrons. The third-order valence-electron chi connectivity index (χ3n) is 2.63. The van der Waals surface area contributed by atoms with Crippen LogP contribution in [0, 0.1) is 0 Å². The van der Waals surface area contributed by atoms with Crippen LogP contribution in [0.4, 0.5) is 0 Å². The minimum atomic E-state index is -0.410. The van der Waals surface area contributed by atoms with Gasteiger partial charge in [0.1, 0.15) is 5.69 Å². The van der Waals surface area contributed by atoms with Gasteiger partial charge in [0.15, 0.2) is 5.82 Å². The average molecular weight is 239 g/mol. The summed E-state index contributed by atoms with van der Waals surface area (Å²) in [6.07, 6.45) is 1.64. The monoisotopic (exact) mass is 239 g/mol. The molecule has 0 aliphatic rings. The number of rotatable bonds is 1. The summed E-state index contributed by atoms with van der Waals surface area (Å²) in [5.41, 5.74) is 0.133. The van der Waals surface area contributed by atoms with Crippen molar-refractivity contribution >= 4 is 10.8 Å². The SMILES string of the molecule is O=c1cc(O)nc(-c2nccc3ccccc23)[nH]1. The van der Waals surface area contributed by atoms with Crippen LogP contribution in [0.3, 0.4) is 0 Å². The molecule has 2 N–H and O–H groups in total. The maximum Gasteiger partial charge on any atom is 0.255 e. The fourth-order valence-electron chi connectivity index (χ4n) is 1.87. The van der Waals surface area contributed by atoms with Gasteiger partial charge in [-0.25, -0.2) is 0 Å². The number of aromatic amines is 1. The Balaban J connectivity index is 2.34. The Hall–Kier alpha value is -2.69. The lowest BCUT2D eigenvalue weighted by molar-refractivity contribution is 0.452. The first-order chi connectivity index (χ1) is 8.74. The summed E-state index contributed by atoms with van der Waals surface area (Å²) in [7, 11) is 0. The summed E-state index contributed by atoms with van der Waals surface area (Å²) < 4.78 is 0. The van der Waals surface area contributed by atoms with E-state index in [1.807, 2.05) is 30.3 Å². The highest BCUT2D eigenvalue weighted by Crippen LogP contribution is 2.23. The van der Waals surface area contributed by atoms with Crippen LogP contribution in [0.25, 0.3) is 22.3 Å². The Morgan fingerprint density at radius 1 is 1.17 bits per heavy atom. The molecule has 1 aromatic carbocycles. The van der Waals surface area contributed by atoms with Crippen molar-refractivity contribution in [3.8, 4) is 17.4 Å². The molecule has 88 valence electrons. The average Bonchev–Trinajstić information content (AvgIpc) is 2.37. The van der Waals surface area contributed by atoms with Gasteiger partial charge in [0.2, 0.25) is 5.88 Å². The highest BCUT2D eigenvalue weighted by molar-refractivity contribution is 5.92. The summed E-state index contributed by atoms with van der Waals surface area (Å²) in [5, 5.41) is 11.2. The number of fused-ring (bicyclic) bond motifs is 1. The normalized spacial score (nSPS) is 10.7. The quantitative estimate of drug-likeness (QED) is 0.677. The third kappa shape index (κ3) is 1.71. The first kappa shape index (κ1) is 10.5. The highest BCUT2D eigenvalue weighted by atomic mass is 16.3. The van der Waals surface area contributed by atoms with E-state index in [9.17, 15) is 9.90 Å². The van der Waals surface area contributed by atoms with E-state index in [4.69, 9.17) is 0 Å². The summed E-state index contributed by atoms with van der Waals surface area (Å²) in [6, 6.07) is 10.5. The van der Waals surface area contributed by atoms with E-state index in [2.05, 4.69) is 15.0 Å². The number of aromatic nitrogens is 3. The number of pyridine rings is 1. The fourth-order valence-corrected chi connectivity index (χ4v) is 1.87. The lowest BCUT2D eigenvalue weighted by Crippen LogP contribution is -2.07. The highest BCUT2D eigenvalue weighted by Gasteiger charge is 2.08. The second kappa shape index (κ2) is 3.96. The van der Waals surface area contributed by atoms with Crippen LogP contribution in [0.2, 0.25) is 0 Å². The van der Waals surface area contributed by atoms with E-state index < -0.39 is 5.56 Å². The first-order valence-corrected chi connectivity index (χ1v) is 5.38. The van der Waals surface area contributed by atoms with Crippen molar-refractivity contribution in [2.45, 2.75) is 0 Å². The lowest BCUT2D eigenvalue weighted by Gasteiger charge is -2.04. The predicted octanol–water partition coefficient (Wildman–Crippen LogP) is 1.69. The summed E-state index contributed by atoms with van der Waals surface area (Å²) >= 11 is 0. The molecule has 5 nitrogen and oxygen atoms in total. The zero-order valence-corrected chi connectivity index (χ0v) is 9.29. The zero-order valence-electron chi connectivity index (χ0n) is 9.29. The van der Waals surface area contributed by atoms with Crippen LogP contribution >= 0.6 is 0 Å². The van der Waals surface area contributed by atoms with Gasteiger partial charge in [-0.2, -0.15) is 4.98 Å². The van der Waals surface area contributed by atoms with Crippen molar-refractivity contribution in [2.75, 3.05) is 0 Å². The van der Waals surface area contributed by atoms with E-state index in [0.29, 0.717) is 5.69 Å². The molecule has 0 aliphatic carbocycles. The molecule has 0 amide bonds. The van der Waals surface area contributed by atoms with E-state index in [-0.39, 0.29) is 11.7 Å². The minimum absolute atomic E-state index is 0.261. The van der Waals surface area contributed by atoms with Crippen LogP contribution in [0.1, 0.15) is 0 Å². The summed E-state index contributed by atoms with van der Waals surface area (Å²) in [6.45, 7) is 0. The van der Waals surface area contributed by atoms with Crippen molar-refractivity contribution in [3.05, 3.63) is 52.9 Å². The summed E-state index contributed by atoms with van der Waals surface area (Å²) in [5.74, 6) is -0.0553. The number of nitrogens with one attached hydrogen (secondary N) is 1. The van der Waals surface area contributed by atoms with Crippen molar-refractivity contribution in [1.82, 2.24) is 15.0 Å². The Bertz CT molecular complexity index is 775. The number of nitrogens with zero attached hydrogens (tertiary/aromatic N) is 2. The molecule has 0 atom stereocenters. The Labute approximate surface area is 102 Å². The molecule has 3 rings (SSSR count). The molecule has 3 aromatic rings. The first-order valence-electron chi connectivity index (χ1n) is 5.38. The molecule has 2 heterocycles. The van der Waals surface area contributed by atoms with Gasteiger partial charge in [-0.3, -0.25) is 9.78 Å². The van der Waals surface area contributed by atoms with Crippen molar-refractivity contribution in [2.24, 2.45) is 0 Å².